The monoisotopic (exact) mass is 296 g/mol. The number of amides is 2. The third-order valence-corrected chi connectivity index (χ3v) is 2.98. The summed E-state index contributed by atoms with van der Waals surface area (Å²) in [6, 6.07) is 15.6. The van der Waals surface area contributed by atoms with Gasteiger partial charge in [0, 0.05) is 5.56 Å². The molecule has 0 aromatic heterocycles. The van der Waals surface area contributed by atoms with Gasteiger partial charge in [0.25, 0.3) is 11.8 Å². The van der Waals surface area contributed by atoms with Crippen molar-refractivity contribution in [2.75, 3.05) is 7.11 Å². The zero-order chi connectivity index (χ0) is 15.9. The van der Waals surface area contributed by atoms with E-state index in [1.165, 1.54) is 6.08 Å². The van der Waals surface area contributed by atoms with Crippen LogP contribution >= 0.6 is 0 Å². The van der Waals surface area contributed by atoms with Gasteiger partial charge >= 0.3 is 0 Å². The third-order valence-electron chi connectivity index (χ3n) is 2.98. The van der Waals surface area contributed by atoms with E-state index in [4.69, 9.17) is 10.5 Å². The highest BCUT2D eigenvalue weighted by Gasteiger charge is 2.11. The molecule has 3 N–H and O–H groups in total. The first-order valence-electron chi connectivity index (χ1n) is 6.62. The van der Waals surface area contributed by atoms with Crippen LogP contribution in [-0.2, 0) is 4.79 Å². The second-order valence-electron chi connectivity index (χ2n) is 4.52. The van der Waals surface area contributed by atoms with Gasteiger partial charge < -0.3 is 15.8 Å². The van der Waals surface area contributed by atoms with E-state index < -0.39 is 5.91 Å². The van der Waals surface area contributed by atoms with Crippen LogP contribution in [0.3, 0.4) is 0 Å². The molecule has 0 heterocycles. The van der Waals surface area contributed by atoms with Crippen LogP contribution in [0.25, 0.3) is 6.08 Å². The van der Waals surface area contributed by atoms with E-state index in [-0.39, 0.29) is 11.6 Å². The van der Waals surface area contributed by atoms with Crippen LogP contribution in [-0.4, -0.2) is 18.9 Å². The maximum Gasteiger partial charge on any atom is 0.265 e. The third kappa shape index (κ3) is 3.96. The largest absolute Gasteiger partial charge is 0.497 e. The number of nitrogens with two attached hydrogens (primary N) is 1. The Labute approximate surface area is 128 Å². The number of ether oxygens (including phenoxy) is 1. The first-order valence-corrected chi connectivity index (χ1v) is 6.62. The number of methoxy groups -OCH3 is 1. The summed E-state index contributed by atoms with van der Waals surface area (Å²) in [5.41, 5.74) is 6.52. The molecule has 2 aromatic rings. The zero-order valence-electron chi connectivity index (χ0n) is 12.1. The average Bonchev–Trinajstić information content (AvgIpc) is 2.55. The lowest BCUT2D eigenvalue weighted by molar-refractivity contribution is -0.114. The second-order valence-corrected chi connectivity index (χ2v) is 4.52. The first-order chi connectivity index (χ1) is 10.6. The van der Waals surface area contributed by atoms with Gasteiger partial charge in [0.2, 0.25) is 0 Å². The van der Waals surface area contributed by atoms with Crippen molar-refractivity contribution in [1.82, 2.24) is 5.32 Å². The van der Waals surface area contributed by atoms with Crippen molar-refractivity contribution in [2.45, 2.75) is 0 Å². The summed E-state index contributed by atoms with van der Waals surface area (Å²) in [6.07, 6.45) is 1.52. The smallest absolute Gasteiger partial charge is 0.265 e. The fraction of sp³-hybridized carbons (Fsp3) is 0.0588. The summed E-state index contributed by atoms with van der Waals surface area (Å²) >= 11 is 0. The molecule has 0 saturated heterocycles. The number of nitrogens with one attached hydrogen (secondary N) is 1. The molecule has 2 aromatic carbocycles. The van der Waals surface area contributed by atoms with E-state index in [2.05, 4.69) is 5.32 Å². The molecule has 112 valence electrons. The quantitative estimate of drug-likeness (QED) is 0.827. The maximum absolute atomic E-state index is 12.1. The Morgan fingerprint density at radius 2 is 1.68 bits per heavy atom. The number of hydrogen-bond donors (Lipinski definition) is 2. The van der Waals surface area contributed by atoms with E-state index >= 15 is 0 Å². The van der Waals surface area contributed by atoms with Crippen molar-refractivity contribution in [3.8, 4) is 5.75 Å². The van der Waals surface area contributed by atoms with Crippen LogP contribution in [0.4, 0.5) is 0 Å². The van der Waals surface area contributed by atoms with Gasteiger partial charge in [0.15, 0.2) is 0 Å². The van der Waals surface area contributed by atoms with Gasteiger partial charge in [-0.25, -0.2) is 0 Å². The summed E-state index contributed by atoms with van der Waals surface area (Å²) in [4.78, 5) is 23.6. The van der Waals surface area contributed by atoms with Gasteiger partial charge in [-0.05, 0) is 35.9 Å². The molecule has 2 rings (SSSR count). The minimum atomic E-state index is -0.708. The van der Waals surface area contributed by atoms with Gasteiger partial charge in [-0.2, -0.15) is 0 Å². The minimum absolute atomic E-state index is 0.0269. The number of rotatable bonds is 5. The first kappa shape index (κ1) is 15.3. The fourth-order valence-corrected chi connectivity index (χ4v) is 1.82. The van der Waals surface area contributed by atoms with Crippen molar-refractivity contribution < 1.29 is 14.3 Å². The predicted molar refractivity (Wildman–Crippen MR) is 84.1 cm³/mol. The molecule has 22 heavy (non-hydrogen) atoms. The lowest BCUT2D eigenvalue weighted by atomic mass is 10.1. The Kier molecular flexibility index (Phi) is 4.93. The molecule has 0 aliphatic heterocycles. The molecular formula is C17H16N2O3. The van der Waals surface area contributed by atoms with E-state index in [1.54, 1.807) is 61.7 Å². The molecule has 5 nitrogen and oxygen atoms in total. The van der Waals surface area contributed by atoms with E-state index in [0.29, 0.717) is 11.3 Å². The normalized spacial score (nSPS) is 10.9. The highest BCUT2D eigenvalue weighted by atomic mass is 16.5. The standard InChI is InChI=1S/C17H16N2O3/c1-22-14-9-7-12(8-10-14)11-15(16(18)20)19-17(21)13-5-3-2-4-6-13/h2-11H,1H3,(H2,18,20)(H,19,21). The van der Waals surface area contributed by atoms with Crippen LogP contribution in [0.5, 0.6) is 5.75 Å². The number of carbonyl (C=O) groups excluding carboxylic acids is 2. The average molecular weight is 296 g/mol. The molecule has 2 amide bonds. The van der Waals surface area contributed by atoms with Crippen molar-refractivity contribution in [3.05, 3.63) is 71.4 Å². The Hall–Kier alpha value is -3.08. The number of primary amides is 1. The summed E-state index contributed by atoms with van der Waals surface area (Å²) in [5.74, 6) is -0.398. The highest BCUT2D eigenvalue weighted by molar-refractivity contribution is 6.04. The SMILES string of the molecule is COc1ccc(C=C(NC(=O)c2ccccc2)C(N)=O)cc1. The Morgan fingerprint density at radius 3 is 2.23 bits per heavy atom. The lowest BCUT2D eigenvalue weighted by Crippen LogP contribution is -2.31. The molecule has 0 bridgehead atoms. The molecule has 0 aliphatic rings. The van der Waals surface area contributed by atoms with Crippen LogP contribution < -0.4 is 15.8 Å². The summed E-state index contributed by atoms with van der Waals surface area (Å²) in [5, 5.41) is 2.53. The number of carbonyl (C=O) groups is 2. The second kappa shape index (κ2) is 7.08. The van der Waals surface area contributed by atoms with Crippen LogP contribution in [0.1, 0.15) is 15.9 Å². The van der Waals surface area contributed by atoms with Crippen molar-refractivity contribution in [1.29, 1.82) is 0 Å². The molecule has 0 spiro atoms. The topological polar surface area (TPSA) is 81.4 Å². The highest BCUT2D eigenvalue weighted by Crippen LogP contribution is 2.13. The molecule has 5 heteroatoms. The van der Waals surface area contributed by atoms with Crippen molar-refractivity contribution >= 4 is 17.9 Å². The molecule has 0 atom stereocenters. The molecule has 0 saturated carbocycles. The predicted octanol–water partition coefficient (Wildman–Crippen LogP) is 1.95. The van der Waals surface area contributed by atoms with E-state index in [1.807, 2.05) is 0 Å². The van der Waals surface area contributed by atoms with Gasteiger partial charge in [-0.1, -0.05) is 30.3 Å². The van der Waals surface area contributed by atoms with Gasteiger partial charge in [-0.15, -0.1) is 0 Å². The zero-order valence-corrected chi connectivity index (χ0v) is 12.1. The Bertz CT molecular complexity index is 692. The molecule has 0 unspecified atom stereocenters. The van der Waals surface area contributed by atoms with Crippen molar-refractivity contribution in [2.24, 2.45) is 5.73 Å². The van der Waals surface area contributed by atoms with Crippen LogP contribution in [0.15, 0.2) is 60.3 Å². The van der Waals surface area contributed by atoms with Crippen molar-refractivity contribution in [3.63, 3.8) is 0 Å². The minimum Gasteiger partial charge on any atom is -0.497 e. The molecule has 0 aliphatic carbocycles. The molecular weight excluding hydrogens is 280 g/mol. The number of benzene rings is 2. The Balaban J connectivity index is 2.20. The van der Waals surface area contributed by atoms with Crippen LogP contribution in [0, 0.1) is 0 Å². The van der Waals surface area contributed by atoms with Gasteiger partial charge in [0.05, 0.1) is 7.11 Å². The van der Waals surface area contributed by atoms with Gasteiger partial charge in [0.1, 0.15) is 11.4 Å². The number of hydrogen-bond acceptors (Lipinski definition) is 3. The fourth-order valence-electron chi connectivity index (χ4n) is 1.82. The maximum atomic E-state index is 12.1. The molecule has 0 fully saturated rings. The summed E-state index contributed by atoms with van der Waals surface area (Å²) in [7, 11) is 1.57. The summed E-state index contributed by atoms with van der Waals surface area (Å²) in [6.45, 7) is 0. The molecule has 0 radical (unpaired) electrons. The van der Waals surface area contributed by atoms with Gasteiger partial charge in [-0.3, -0.25) is 9.59 Å². The van der Waals surface area contributed by atoms with E-state index in [9.17, 15) is 9.59 Å². The van der Waals surface area contributed by atoms with E-state index in [0.717, 1.165) is 5.56 Å². The van der Waals surface area contributed by atoms with Crippen LogP contribution in [0.2, 0.25) is 0 Å². The Morgan fingerprint density at radius 1 is 1.05 bits per heavy atom. The lowest BCUT2D eigenvalue weighted by Gasteiger charge is -2.07. The summed E-state index contributed by atoms with van der Waals surface area (Å²) < 4.78 is 5.06.